The fourth-order valence-electron chi connectivity index (χ4n) is 3.82. The third-order valence-corrected chi connectivity index (χ3v) is 5.17. The van der Waals surface area contributed by atoms with Crippen LogP contribution in [0, 0.1) is 11.8 Å². The van der Waals surface area contributed by atoms with Gasteiger partial charge in [-0.3, -0.25) is 0 Å². The van der Waals surface area contributed by atoms with E-state index in [2.05, 4.69) is 25.3 Å². The lowest BCUT2D eigenvalue weighted by Gasteiger charge is -2.35. The minimum Gasteiger partial charge on any atom is -0.300 e. The van der Waals surface area contributed by atoms with Crippen LogP contribution in [0.1, 0.15) is 110 Å². The van der Waals surface area contributed by atoms with Crippen molar-refractivity contribution in [2.24, 2.45) is 0 Å². The van der Waals surface area contributed by atoms with Crippen LogP contribution in [0.4, 0.5) is 0 Å². The van der Waals surface area contributed by atoms with E-state index in [1.807, 2.05) is 0 Å². The van der Waals surface area contributed by atoms with Crippen LogP contribution in [0.5, 0.6) is 0 Å². The van der Waals surface area contributed by atoms with Gasteiger partial charge in [-0.1, -0.05) is 84.5 Å². The van der Waals surface area contributed by atoms with E-state index in [1.54, 1.807) is 0 Å². The van der Waals surface area contributed by atoms with E-state index in [0.717, 1.165) is 6.04 Å². The Bertz CT molecular complexity index is 247. The molecule has 1 heterocycles. The van der Waals surface area contributed by atoms with Crippen molar-refractivity contribution >= 4 is 0 Å². The molecule has 1 rings (SSSR count). The number of nitriles is 1. The summed E-state index contributed by atoms with van der Waals surface area (Å²) in [4.78, 5) is 2.80. The monoisotopic (exact) mass is 322 g/mol. The van der Waals surface area contributed by atoms with Gasteiger partial charge in [0.1, 0.15) is 0 Å². The summed E-state index contributed by atoms with van der Waals surface area (Å²) in [5, 5.41) is 6.50. The topological polar surface area (TPSA) is 27.0 Å². The van der Waals surface area contributed by atoms with Gasteiger partial charge in [-0.05, 0) is 38.8 Å². The van der Waals surface area contributed by atoms with Crippen LogP contribution in [0.25, 0.3) is 0 Å². The van der Waals surface area contributed by atoms with E-state index >= 15 is 0 Å². The summed E-state index contributed by atoms with van der Waals surface area (Å²) in [5.41, 5.74) is 0. The number of likely N-dealkylation sites (tertiary alicyclic amines) is 1. The second-order valence-electron chi connectivity index (χ2n) is 7.16. The summed E-state index contributed by atoms with van der Waals surface area (Å²) in [6.07, 6.45) is 21.7. The Hall–Kier alpha value is -0.550. The van der Waals surface area contributed by atoms with Gasteiger partial charge in [-0.2, -0.15) is 0 Å². The predicted octanol–water partition coefficient (Wildman–Crippen LogP) is 6.70. The molecule has 0 spiro atoms. The van der Waals surface area contributed by atoms with Gasteiger partial charge in [0.25, 0.3) is 0 Å². The number of unbranched alkanes of at least 4 members (excludes halogenated alkanes) is 9. The maximum atomic E-state index is 6.50. The summed E-state index contributed by atoms with van der Waals surface area (Å²) in [5.74, 6) is 0. The highest BCUT2D eigenvalue weighted by Gasteiger charge is 2.20. The summed E-state index contributed by atoms with van der Waals surface area (Å²) in [6.45, 7) is 10.9. The van der Waals surface area contributed by atoms with Crippen molar-refractivity contribution in [3.8, 4) is 6.57 Å². The zero-order chi connectivity index (χ0) is 17.2. The molecule has 0 aromatic rings. The maximum absolute atomic E-state index is 6.50. The van der Waals surface area contributed by atoms with Crippen LogP contribution >= 0.6 is 0 Å². The highest BCUT2D eigenvalue weighted by atomic mass is 15.2. The van der Waals surface area contributed by atoms with Gasteiger partial charge in [-0.25, -0.2) is 5.26 Å². The van der Waals surface area contributed by atoms with E-state index in [-0.39, 0.29) is 0 Å². The van der Waals surface area contributed by atoms with E-state index in [4.69, 9.17) is 5.26 Å². The quantitative estimate of drug-likeness (QED) is 0.353. The van der Waals surface area contributed by atoms with Crippen molar-refractivity contribution in [1.29, 1.82) is 5.26 Å². The molecule has 0 saturated carbocycles. The summed E-state index contributed by atoms with van der Waals surface area (Å²) < 4.78 is 0. The van der Waals surface area contributed by atoms with E-state index < -0.39 is 0 Å². The SMILES string of the molecule is C#N.CCCCCCCCCCCCN1CCCCC1CCC. The van der Waals surface area contributed by atoms with E-state index in [9.17, 15) is 0 Å². The van der Waals surface area contributed by atoms with Gasteiger partial charge in [0, 0.05) is 12.6 Å². The molecule has 0 amide bonds. The van der Waals surface area contributed by atoms with Gasteiger partial charge in [-0.15, -0.1) is 0 Å². The molecule has 0 N–H and O–H groups in total. The molecule has 0 aliphatic carbocycles. The second kappa shape index (κ2) is 17.8. The Labute approximate surface area is 146 Å². The minimum absolute atomic E-state index is 0.919. The first-order valence-electron chi connectivity index (χ1n) is 10.4. The number of nitrogens with zero attached hydrogens (tertiary/aromatic N) is 2. The summed E-state index contributed by atoms with van der Waals surface area (Å²) in [6, 6.07) is 0.919. The molecule has 1 aliphatic heterocycles. The Morgan fingerprint density at radius 1 is 0.783 bits per heavy atom. The molecule has 1 aliphatic rings. The molecular formula is C21H42N2. The zero-order valence-corrected chi connectivity index (χ0v) is 16.1. The predicted molar refractivity (Wildman–Crippen MR) is 103 cm³/mol. The lowest BCUT2D eigenvalue weighted by molar-refractivity contribution is 0.136. The molecule has 1 atom stereocenters. The smallest absolute Gasteiger partial charge is 0.0462 e. The molecule has 0 bridgehead atoms. The molecule has 1 unspecified atom stereocenters. The van der Waals surface area contributed by atoms with Crippen molar-refractivity contribution in [1.82, 2.24) is 4.90 Å². The average molecular weight is 323 g/mol. The van der Waals surface area contributed by atoms with Crippen molar-refractivity contribution < 1.29 is 0 Å². The fraction of sp³-hybridized carbons (Fsp3) is 0.952. The third-order valence-electron chi connectivity index (χ3n) is 5.17. The summed E-state index contributed by atoms with van der Waals surface area (Å²) in [7, 11) is 0. The lowest BCUT2D eigenvalue weighted by atomic mass is 9.97. The van der Waals surface area contributed by atoms with Gasteiger partial charge in [0.05, 0.1) is 0 Å². The van der Waals surface area contributed by atoms with Gasteiger partial charge >= 0.3 is 0 Å². The molecule has 1 fully saturated rings. The number of piperidine rings is 1. The number of rotatable bonds is 13. The fourth-order valence-corrected chi connectivity index (χ4v) is 3.82. The Kier molecular flexibility index (Phi) is 17.4. The van der Waals surface area contributed by atoms with Crippen LogP contribution < -0.4 is 0 Å². The number of hydrogen-bond acceptors (Lipinski definition) is 2. The van der Waals surface area contributed by atoms with Crippen molar-refractivity contribution in [3.63, 3.8) is 0 Å². The zero-order valence-electron chi connectivity index (χ0n) is 16.1. The third kappa shape index (κ3) is 12.5. The van der Waals surface area contributed by atoms with Crippen LogP contribution in [0.2, 0.25) is 0 Å². The molecule has 0 aromatic carbocycles. The standard InChI is InChI=1S/C20H41N.CHN/c1-3-5-6-7-8-9-10-11-12-14-18-21-19-15-13-17-20(21)16-4-2;1-2/h20H,3-19H2,1-2H3;1H. The highest BCUT2D eigenvalue weighted by molar-refractivity contribution is 4.76. The lowest BCUT2D eigenvalue weighted by Crippen LogP contribution is -2.39. The van der Waals surface area contributed by atoms with Crippen molar-refractivity contribution in [2.75, 3.05) is 13.1 Å². The van der Waals surface area contributed by atoms with Gasteiger partial charge < -0.3 is 4.90 Å². The van der Waals surface area contributed by atoms with Crippen LogP contribution in [-0.4, -0.2) is 24.0 Å². The Morgan fingerprint density at radius 2 is 1.35 bits per heavy atom. The molecule has 2 heteroatoms. The summed E-state index contributed by atoms with van der Waals surface area (Å²) >= 11 is 0. The van der Waals surface area contributed by atoms with Crippen LogP contribution in [0.15, 0.2) is 0 Å². The molecule has 23 heavy (non-hydrogen) atoms. The molecule has 1 saturated heterocycles. The molecule has 2 nitrogen and oxygen atoms in total. The first-order chi connectivity index (χ1) is 11.4. The molecule has 0 aromatic heterocycles. The van der Waals surface area contributed by atoms with E-state index in [1.165, 1.54) is 109 Å². The first kappa shape index (κ1) is 22.4. The van der Waals surface area contributed by atoms with E-state index in [0.29, 0.717) is 0 Å². The largest absolute Gasteiger partial charge is 0.300 e. The number of hydrogen-bond donors (Lipinski definition) is 0. The van der Waals surface area contributed by atoms with Crippen LogP contribution in [0.3, 0.4) is 0 Å². The van der Waals surface area contributed by atoms with Crippen molar-refractivity contribution in [2.45, 2.75) is 116 Å². The Balaban J connectivity index is 0.00000232. The van der Waals surface area contributed by atoms with Gasteiger partial charge in [0.15, 0.2) is 0 Å². The molecule has 136 valence electrons. The Morgan fingerprint density at radius 3 is 1.91 bits per heavy atom. The second-order valence-corrected chi connectivity index (χ2v) is 7.16. The first-order valence-corrected chi connectivity index (χ1v) is 10.4. The minimum atomic E-state index is 0.919. The van der Waals surface area contributed by atoms with Crippen molar-refractivity contribution in [3.05, 3.63) is 0 Å². The van der Waals surface area contributed by atoms with Gasteiger partial charge in [0.2, 0.25) is 0 Å². The highest BCUT2D eigenvalue weighted by Crippen LogP contribution is 2.21. The molecule has 0 radical (unpaired) electrons. The van der Waals surface area contributed by atoms with Crippen LogP contribution in [-0.2, 0) is 0 Å². The normalized spacial score (nSPS) is 18.3. The maximum Gasteiger partial charge on any atom is 0.0462 e. The molecular weight excluding hydrogens is 280 g/mol. The average Bonchev–Trinajstić information content (AvgIpc) is 2.60.